The molecule has 0 radical (unpaired) electrons. The van der Waals surface area contributed by atoms with E-state index in [4.69, 9.17) is 9.16 Å². The summed E-state index contributed by atoms with van der Waals surface area (Å²) in [4.78, 5) is 14.6. The average molecular weight is 424 g/mol. The molecule has 6 heteroatoms. The summed E-state index contributed by atoms with van der Waals surface area (Å²) >= 11 is 0. The number of likely N-dealkylation sites (tertiary alicyclic amines) is 1. The Morgan fingerprint density at radius 1 is 1.21 bits per heavy atom. The van der Waals surface area contributed by atoms with Crippen molar-refractivity contribution in [1.82, 2.24) is 4.90 Å². The lowest BCUT2D eigenvalue weighted by Gasteiger charge is -2.38. The number of benzene rings is 1. The fourth-order valence-electron chi connectivity index (χ4n) is 3.51. The van der Waals surface area contributed by atoms with Gasteiger partial charge in [0.15, 0.2) is 8.32 Å². The van der Waals surface area contributed by atoms with E-state index in [1.807, 2.05) is 33.8 Å². The first-order valence-electron chi connectivity index (χ1n) is 10.5. The molecule has 1 aromatic carbocycles. The van der Waals surface area contributed by atoms with E-state index < -0.39 is 13.9 Å². The molecule has 1 saturated heterocycles. The van der Waals surface area contributed by atoms with Crippen molar-refractivity contribution >= 4 is 14.4 Å². The third-order valence-electron chi connectivity index (χ3n) is 6.37. The first-order chi connectivity index (χ1) is 13.1. The van der Waals surface area contributed by atoms with Crippen LogP contribution in [0.15, 0.2) is 24.3 Å². The average Bonchev–Trinajstić information content (AvgIpc) is 2.87. The smallest absolute Gasteiger partial charge is 0.410 e. The summed E-state index contributed by atoms with van der Waals surface area (Å²) in [6, 6.07) is 6.66. The van der Waals surface area contributed by atoms with Crippen molar-refractivity contribution < 1.29 is 18.3 Å². The zero-order valence-corrected chi connectivity index (χ0v) is 20.5. The van der Waals surface area contributed by atoms with Crippen molar-refractivity contribution in [3.63, 3.8) is 0 Å². The quantitative estimate of drug-likeness (QED) is 0.542. The van der Waals surface area contributed by atoms with Crippen molar-refractivity contribution in [2.24, 2.45) is 5.92 Å². The normalized spacial score (nSPS) is 23.4. The second-order valence-electron chi connectivity index (χ2n) is 10.8. The predicted molar refractivity (Wildman–Crippen MR) is 118 cm³/mol. The molecular weight excluding hydrogens is 385 g/mol. The molecular formula is C23H38FNO3Si. The number of halogens is 1. The van der Waals surface area contributed by atoms with Crippen LogP contribution in [0.1, 0.15) is 59.9 Å². The molecule has 1 fully saturated rings. The maximum atomic E-state index is 13.9. The van der Waals surface area contributed by atoms with Gasteiger partial charge in [-0.3, -0.25) is 0 Å². The zero-order chi connectivity index (χ0) is 22.2. The number of amides is 1. The highest BCUT2D eigenvalue weighted by Gasteiger charge is 2.45. The van der Waals surface area contributed by atoms with E-state index in [0.29, 0.717) is 13.2 Å². The van der Waals surface area contributed by atoms with E-state index in [0.717, 1.165) is 5.56 Å². The summed E-state index contributed by atoms with van der Waals surface area (Å²) in [7, 11) is -1.94. The van der Waals surface area contributed by atoms with E-state index in [9.17, 15) is 9.18 Å². The Morgan fingerprint density at radius 3 is 2.34 bits per heavy atom. The van der Waals surface area contributed by atoms with Crippen molar-refractivity contribution in [3.8, 4) is 0 Å². The fraction of sp³-hybridized carbons (Fsp3) is 0.696. The molecule has 0 N–H and O–H groups in total. The van der Waals surface area contributed by atoms with Gasteiger partial charge in [-0.1, -0.05) is 32.9 Å². The second-order valence-corrected chi connectivity index (χ2v) is 15.6. The van der Waals surface area contributed by atoms with Crippen LogP contribution in [-0.4, -0.2) is 44.1 Å². The van der Waals surface area contributed by atoms with Gasteiger partial charge in [0.1, 0.15) is 11.4 Å². The number of hydrogen-bond acceptors (Lipinski definition) is 3. The minimum Gasteiger partial charge on any atom is -0.444 e. The van der Waals surface area contributed by atoms with Crippen LogP contribution >= 0.6 is 0 Å². The van der Waals surface area contributed by atoms with Crippen LogP contribution < -0.4 is 0 Å². The van der Waals surface area contributed by atoms with Crippen molar-refractivity contribution in [1.29, 1.82) is 0 Å². The van der Waals surface area contributed by atoms with Gasteiger partial charge in [0.05, 0.1) is 0 Å². The monoisotopic (exact) mass is 423 g/mol. The Kier molecular flexibility index (Phi) is 6.90. The Balaban J connectivity index is 2.29. The van der Waals surface area contributed by atoms with E-state index in [1.54, 1.807) is 17.0 Å². The zero-order valence-electron chi connectivity index (χ0n) is 19.5. The maximum Gasteiger partial charge on any atom is 0.410 e. The minimum absolute atomic E-state index is 0.0120. The van der Waals surface area contributed by atoms with Gasteiger partial charge in [-0.2, -0.15) is 0 Å². The Hall–Kier alpha value is -1.40. The summed E-state index contributed by atoms with van der Waals surface area (Å²) in [5.74, 6) is -0.161. The van der Waals surface area contributed by atoms with Crippen LogP contribution in [0.5, 0.6) is 0 Å². The summed E-state index contributed by atoms with van der Waals surface area (Å²) in [5, 5.41) is 0.105. The summed E-state index contributed by atoms with van der Waals surface area (Å²) < 4.78 is 26.1. The number of nitrogens with zero attached hydrogens (tertiary/aromatic N) is 1. The molecule has 0 aromatic heterocycles. The number of hydrogen-bond donors (Lipinski definition) is 0. The van der Waals surface area contributed by atoms with E-state index >= 15 is 0 Å². The van der Waals surface area contributed by atoms with Crippen LogP contribution in [0.25, 0.3) is 0 Å². The molecule has 0 bridgehead atoms. The van der Waals surface area contributed by atoms with Crippen molar-refractivity contribution in [2.45, 2.75) is 84.2 Å². The van der Waals surface area contributed by atoms with Gasteiger partial charge >= 0.3 is 6.09 Å². The topological polar surface area (TPSA) is 38.8 Å². The molecule has 3 atom stereocenters. The molecule has 1 amide bonds. The van der Waals surface area contributed by atoms with Gasteiger partial charge in [-0.05, 0) is 63.5 Å². The van der Waals surface area contributed by atoms with Gasteiger partial charge < -0.3 is 14.1 Å². The van der Waals surface area contributed by atoms with Crippen LogP contribution in [-0.2, 0) is 9.16 Å². The third kappa shape index (κ3) is 5.82. The molecule has 1 aliphatic heterocycles. The van der Waals surface area contributed by atoms with Crippen LogP contribution in [0.3, 0.4) is 0 Å². The lowest BCUT2D eigenvalue weighted by atomic mass is 9.86. The summed E-state index contributed by atoms with van der Waals surface area (Å²) in [6.45, 7) is 19.8. The highest BCUT2D eigenvalue weighted by atomic mass is 28.4. The molecule has 0 saturated carbocycles. The Bertz CT molecular complexity index is 724. The predicted octanol–water partition coefficient (Wildman–Crippen LogP) is 6.19. The number of ether oxygens (including phenoxy) is 1. The van der Waals surface area contributed by atoms with Crippen LogP contribution in [0, 0.1) is 11.7 Å². The van der Waals surface area contributed by atoms with E-state index in [-0.39, 0.29) is 34.8 Å². The summed E-state index contributed by atoms with van der Waals surface area (Å²) in [5.41, 5.74) is 0.354. The van der Waals surface area contributed by atoms with Gasteiger partial charge in [-0.25, -0.2) is 9.18 Å². The molecule has 1 aromatic rings. The Labute approximate surface area is 176 Å². The molecule has 1 heterocycles. The third-order valence-corrected chi connectivity index (χ3v) is 10.9. The largest absolute Gasteiger partial charge is 0.444 e. The highest BCUT2D eigenvalue weighted by molar-refractivity contribution is 6.74. The maximum absolute atomic E-state index is 13.9. The number of carbonyl (C=O) groups is 1. The molecule has 4 nitrogen and oxygen atoms in total. The lowest BCUT2D eigenvalue weighted by Crippen LogP contribution is -2.44. The van der Waals surface area contributed by atoms with Gasteiger partial charge in [0.25, 0.3) is 0 Å². The number of carbonyl (C=O) groups excluding carboxylic acids is 1. The molecule has 3 unspecified atom stereocenters. The van der Waals surface area contributed by atoms with Gasteiger partial charge in [0, 0.05) is 31.0 Å². The fourth-order valence-corrected chi connectivity index (χ4v) is 4.55. The molecule has 0 aliphatic carbocycles. The first kappa shape index (κ1) is 23.9. The van der Waals surface area contributed by atoms with Crippen molar-refractivity contribution in [2.75, 3.05) is 13.2 Å². The number of rotatable bonds is 4. The van der Waals surface area contributed by atoms with Gasteiger partial charge in [0.2, 0.25) is 0 Å². The van der Waals surface area contributed by atoms with E-state index in [2.05, 4.69) is 33.9 Å². The lowest BCUT2D eigenvalue weighted by molar-refractivity contribution is 0.0212. The molecule has 29 heavy (non-hydrogen) atoms. The van der Waals surface area contributed by atoms with Crippen LogP contribution in [0.2, 0.25) is 18.1 Å². The van der Waals surface area contributed by atoms with Crippen LogP contribution in [0.4, 0.5) is 9.18 Å². The molecule has 0 spiro atoms. The highest BCUT2D eigenvalue weighted by Crippen LogP contribution is 2.41. The standard InChI is InChI=1S/C23H38FNO3Si/c1-16-20(15-27-29(8,9)23(5,6)7)19(17-11-10-12-18(24)13-17)14-25(16)21(26)28-22(2,3)4/h10-13,16,19-20H,14-15H2,1-9H3. The first-order valence-corrected chi connectivity index (χ1v) is 13.4. The van der Waals surface area contributed by atoms with Gasteiger partial charge in [-0.15, -0.1) is 0 Å². The second kappa shape index (κ2) is 8.38. The minimum atomic E-state index is -1.94. The summed E-state index contributed by atoms with van der Waals surface area (Å²) in [6.07, 6.45) is -0.318. The van der Waals surface area contributed by atoms with Crippen molar-refractivity contribution in [3.05, 3.63) is 35.6 Å². The Morgan fingerprint density at radius 2 is 1.83 bits per heavy atom. The SMILES string of the molecule is CC1C(CO[Si](C)(C)C(C)(C)C)C(c2cccc(F)c2)CN1C(=O)OC(C)(C)C. The molecule has 164 valence electrons. The molecule has 1 aliphatic rings. The van der Waals surface area contributed by atoms with E-state index in [1.165, 1.54) is 6.07 Å². The molecule has 2 rings (SSSR count).